The summed E-state index contributed by atoms with van der Waals surface area (Å²) in [5.41, 5.74) is 8.07. The van der Waals surface area contributed by atoms with Gasteiger partial charge in [0.25, 0.3) is 5.91 Å². The lowest BCUT2D eigenvalue weighted by molar-refractivity contribution is 0.0697. The van der Waals surface area contributed by atoms with Gasteiger partial charge in [-0.2, -0.15) is 0 Å². The van der Waals surface area contributed by atoms with E-state index < -0.39 is 5.97 Å². The Hall–Kier alpha value is -5.16. The number of carbonyl (C=O) groups excluding carboxylic acids is 1. The average molecular weight is 553 g/mol. The van der Waals surface area contributed by atoms with Gasteiger partial charge in [-0.1, -0.05) is 84.9 Å². The van der Waals surface area contributed by atoms with Crippen molar-refractivity contribution in [2.24, 2.45) is 0 Å². The summed E-state index contributed by atoms with van der Waals surface area (Å²) in [6, 6.07) is 35.3. The van der Waals surface area contributed by atoms with Gasteiger partial charge in [-0.05, 0) is 83.6 Å². The zero-order valence-electron chi connectivity index (χ0n) is 23.9. The van der Waals surface area contributed by atoms with Gasteiger partial charge in [-0.3, -0.25) is 4.79 Å². The van der Waals surface area contributed by atoms with E-state index in [1.807, 2.05) is 79.7 Å². The molecule has 1 amide bonds. The number of carbonyl (C=O) groups is 2. The van der Waals surface area contributed by atoms with E-state index in [-0.39, 0.29) is 11.9 Å². The summed E-state index contributed by atoms with van der Waals surface area (Å²) in [4.78, 5) is 25.0. The standard InChI is InChI=1S/C37H32N2O3/c1-23-25(3)39(22-26-15-17-28(18-16-26)32-12-6-7-13-33(32)37(41)42)35-20-19-29(21-34(23)35)36(40)38-24(2)30-14-8-10-27-9-4-5-11-31(27)30/h4-21,24H,22H2,1-3H3,(H,38,40)(H,41,42)/t24-/m0/s1. The van der Waals surface area contributed by atoms with Crippen LogP contribution in [0.5, 0.6) is 0 Å². The Morgan fingerprint density at radius 2 is 1.52 bits per heavy atom. The minimum absolute atomic E-state index is 0.0978. The van der Waals surface area contributed by atoms with Gasteiger partial charge in [0.15, 0.2) is 0 Å². The molecule has 0 radical (unpaired) electrons. The molecule has 6 rings (SSSR count). The van der Waals surface area contributed by atoms with Gasteiger partial charge in [0.05, 0.1) is 11.6 Å². The van der Waals surface area contributed by atoms with Crippen LogP contribution >= 0.6 is 0 Å². The largest absolute Gasteiger partial charge is 0.478 e. The molecule has 1 aromatic heterocycles. The van der Waals surface area contributed by atoms with E-state index >= 15 is 0 Å². The summed E-state index contributed by atoms with van der Waals surface area (Å²) in [6.07, 6.45) is 0. The molecule has 0 fully saturated rings. The van der Waals surface area contributed by atoms with Crippen LogP contribution in [0, 0.1) is 13.8 Å². The fourth-order valence-corrected chi connectivity index (χ4v) is 5.87. The minimum Gasteiger partial charge on any atom is -0.478 e. The van der Waals surface area contributed by atoms with Crippen molar-refractivity contribution in [2.45, 2.75) is 33.4 Å². The number of nitrogens with one attached hydrogen (secondary N) is 1. The smallest absolute Gasteiger partial charge is 0.336 e. The van der Waals surface area contributed by atoms with Crippen LogP contribution in [0.15, 0.2) is 109 Å². The maximum Gasteiger partial charge on any atom is 0.336 e. The van der Waals surface area contributed by atoms with Gasteiger partial charge in [0.1, 0.15) is 0 Å². The second-order valence-corrected chi connectivity index (χ2v) is 10.8. The molecule has 5 nitrogen and oxygen atoms in total. The topological polar surface area (TPSA) is 71.3 Å². The van der Waals surface area contributed by atoms with Crippen LogP contribution in [0.1, 0.15) is 56.1 Å². The summed E-state index contributed by atoms with van der Waals surface area (Å²) in [5.74, 6) is -1.03. The van der Waals surface area contributed by atoms with Crippen LogP contribution in [0.3, 0.4) is 0 Å². The fraction of sp³-hybridized carbons (Fsp3) is 0.135. The van der Waals surface area contributed by atoms with E-state index in [1.54, 1.807) is 12.1 Å². The van der Waals surface area contributed by atoms with Gasteiger partial charge in [-0.25, -0.2) is 4.79 Å². The van der Waals surface area contributed by atoms with Crippen LogP contribution in [-0.4, -0.2) is 21.6 Å². The molecule has 0 saturated heterocycles. The SMILES string of the molecule is Cc1c(C)n(Cc2ccc(-c3ccccc3C(=O)O)cc2)c2ccc(C(=O)N[C@@H](C)c3cccc4ccccc34)cc12. The lowest BCUT2D eigenvalue weighted by atomic mass is 9.99. The third-order valence-corrected chi connectivity index (χ3v) is 8.30. The summed E-state index contributed by atoms with van der Waals surface area (Å²) in [7, 11) is 0. The molecular weight excluding hydrogens is 520 g/mol. The number of carboxylic acids is 1. The Morgan fingerprint density at radius 3 is 2.31 bits per heavy atom. The van der Waals surface area contributed by atoms with Crippen molar-refractivity contribution in [3.8, 4) is 11.1 Å². The summed E-state index contributed by atoms with van der Waals surface area (Å²) < 4.78 is 2.27. The first-order valence-electron chi connectivity index (χ1n) is 14.1. The van der Waals surface area contributed by atoms with Crippen molar-refractivity contribution in [3.05, 3.63) is 143 Å². The number of aromatic nitrogens is 1. The van der Waals surface area contributed by atoms with E-state index in [0.717, 1.165) is 49.6 Å². The first kappa shape index (κ1) is 27.0. The van der Waals surface area contributed by atoms with Crippen molar-refractivity contribution in [2.75, 3.05) is 0 Å². The van der Waals surface area contributed by atoms with Gasteiger partial charge >= 0.3 is 5.97 Å². The molecule has 5 aromatic carbocycles. The van der Waals surface area contributed by atoms with Gasteiger partial charge in [-0.15, -0.1) is 0 Å². The molecule has 208 valence electrons. The quantitative estimate of drug-likeness (QED) is 0.209. The molecule has 1 atom stereocenters. The molecule has 6 aromatic rings. The second-order valence-electron chi connectivity index (χ2n) is 10.8. The molecular formula is C37H32N2O3. The fourth-order valence-electron chi connectivity index (χ4n) is 5.87. The molecule has 1 heterocycles. The number of hydrogen-bond acceptors (Lipinski definition) is 2. The Bertz CT molecular complexity index is 1960. The zero-order valence-corrected chi connectivity index (χ0v) is 23.9. The molecule has 0 unspecified atom stereocenters. The normalized spacial score (nSPS) is 12.0. The van der Waals surface area contributed by atoms with Gasteiger partial charge < -0.3 is 15.0 Å². The van der Waals surface area contributed by atoms with E-state index in [4.69, 9.17) is 0 Å². The number of carboxylic acid groups (broad SMARTS) is 1. The predicted octanol–water partition coefficient (Wildman–Crippen LogP) is 8.32. The number of hydrogen-bond donors (Lipinski definition) is 2. The summed E-state index contributed by atoms with van der Waals surface area (Å²) >= 11 is 0. The highest BCUT2D eigenvalue weighted by molar-refractivity contribution is 6.00. The highest BCUT2D eigenvalue weighted by Gasteiger charge is 2.17. The molecule has 2 N–H and O–H groups in total. The third kappa shape index (κ3) is 4.94. The number of rotatable bonds is 7. The maximum absolute atomic E-state index is 13.4. The zero-order chi connectivity index (χ0) is 29.4. The highest BCUT2D eigenvalue weighted by atomic mass is 16.4. The summed E-state index contributed by atoms with van der Waals surface area (Å²) in [6.45, 7) is 6.89. The Balaban J connectivity index is 1.24. The van der Waals surface area contributed by atoms with Crippen molar-refractivity contribution >= 4 is 33.6 Å². The van der Waals surface area contributed by atoms with E-state index in [1.165, 1.54) is 0 Å². The van der Waals surface area contributed by atoms with E-state index in [9.17, 15) is 14.7 Å². The molecule has 0 aliphatic rings. The monoisotopic (exact) mass is 552 g/mol. The molecule has 0 aliphatic carbocycles. The number of aryl methyl sites for hydroxylation is 1. The lowest BCUT2D eigenvalue weighted by Crippen LogP contribution is -2.26. The van der Waals surface area contributed by atoms with Crippen LogP contribution < -0.4 is 5.32 Å². The molecule has 42 heavy (non-hydrogen) atoms. The molecule has 5 heteroatoms. The lowest BCUT2D eigenvalue weighted by Gasteiger charge is -2.17. The minimum atomic E-state index is -0.935. The van der Waals surface area contributed by atoms with Gasteiger partial charge in [0, 0.05) is 28.7 Å². The first-order valence-corrected chi connectivity index (χ1v) is 14.1. The number of nitrogens with zero attached hydrogens (tertiary/aromatic N) is 1. The number of amides is 1. The first-order chi connectivity index (χ1) is 20.3. The molecule has 0 saturated carbocycles. The number of benzene rings is 5. The molecule has 0 spiro atoms. The van der Waals surface area contributed by atoms with E-state index in [2.05, 4.69) is 48.0 Å². The van der Waals surface area contributed by atoms with Crippen molar-refractivity contribution < 1.29 is 14.7 Å². The third-order valence-electron chi connectivity index (χ3n) is 8.30. The van der Waals surface area contributed by atoms with Crippen molar-refractivity contribution in [1.82, 2.24) is 9.88 Å². The highest BCUT2D eigenvalue weighted by Crippen LogP contribution is 2.30. The Kier molecular flexibility index (Phi) is 7.09. The van der Waals surface area contributed by atoms with Crippen LogP contribution in [-0.2, 0) is 6.54 Å². The van der Waals surface area contributed by atoms with Crippen LogP contribution in [0.2, 0.25) is 0 Å². The average Bonchev–Trinajstić information content (AvgIpc) is 3.25. The van der Waals surface area contributed by atoms with Crippen molar-refractivity contribution in [1.29, 1.82) is 0 Å². The maximum atomic E-state index is 13.4. The summed E-state index contributed by atoms with van der Waals surface area (Å²) in [5, 5.41) is 16.1. The molecule has 0 bridgehead atoms. The van der Waals surface area contributed by atoms with E-state index in [0.29, 0.717) is 23.2 Å². The predicted molar refractivity (Wildman–Crippen MR) is 169 cm³/mol. The van der Waals surface area contributed by atoms with Crippen LogP contribution in [0.25, 0.3) is 32.8 Å². The van der Waals surface area contributed by atoms with Crippen LogP contribution in [0.4, 0.5) is 0 Å². The van der Waals surface area contributed by atoms with Gasteiger partial charge in [0.2, 0.25) is 0 Å². The molecule has 0 aliphatic heterocycles. The number of fused-ring (bicyclic) bond motifs is 2. The Labute approximate surface area is 245 Å². The second kappa shape index (κ2) is 11.0. The Morgan fingerprint density at radius 1 is 0.810 bits per heavy atom. The number of aromatic carboxylic acids is 1. The van der Waals surface area contributed by atoms with Crippen molar-refractivity contribution in [3.63, 3.8) is 0 Å².